The van der Waals surface area contributed by atoms with Crippen molar-refractivity contribution in [1.29, 1.82) is 0 Å². The SMILES string of the molecule is Nc1cc(N)cc(C(=O)NCC2CCCS2(=O)=O)c1. The molecule has 7 heteroatoms. The standard InChI is InChI=1S/C12H17N3O3S/c13-9-4-8(5-10(14)6-9)12(16)15-7-11-2-1-3-19(11,17)18/h4-6,11H,1-3,7,13-14H2,(H,15,16). The van der Waals surface area contributed by atoms with Crippen molar-refractivity contribution in [1.82, 2.24) is 5.32 Å². The van der Waals surface area contributed by atoms with Gasteiger partial charge in [0, 0.05) is 23.5 Å². The molecule has 1 heterocycles. The lowest BCUT2D eigenvalue weighted by molar-refractivity contribution is 0.0953. The van der Waals surface area contributed by atoms with Crippen molar-refractivity contribution in [2.75, 3.05) is 23.8 Å². The molecule has 2 rings (SSSR count). The Morgan fingerprint density at radius 2 is 1.89 bits per heavy atom. The molecule has 1 fully saturated rings. The van der Waals surface area contributed by atoms with Crippen LogP contribution in [0.4, 0.5) is 11.4 Å². The molecular formula is C12H17N3O3S. The summed E-state index contributed by atoms with van der Waals surface area (Å²) in [6.45, 7) is 0.135. The van der Waals surface area contributed by atoms with Crippen LogP contribution in [-0.2, 0) is 9.84 Å². The third-order valence-corrected chi connectivity index (χ3v) is 5.47. The highest BCUT2D eigenvalue weighted by Crippen LogP contribution is 2.19. The van der Waals surface area contributed by atoms with Crippen LogP contribution in [0.5, 0.6) is 0 Å². The largest absolute Gasteiger partial charge is 0.399 e. The zero-order chi connectivity index (χ0) is 14.0. The van der Waals surface area contributed by atoms with Gasteiger partial charge < -0.3 is 16.8 Å². The monoisotopic (exact) mass is 283 g/mol. The fourth-order valence-electron chi connectivity index (χ4n) is 2.20. The van der Waals surface area contributed by atoms with E-state index in [1.54, 1.807) is 6.07 Å². The highest BCUT2D eigenvalue weighted by molar-refractivity contribution is 7.92. The first-order valence-electron chi connectivity index (χ1n) is 6.04. The van der Waals surface area contributed by atoms with Crippen LogP contribution in [0, 0.1) is 0 Å². The van der Waals surface area contributed by atoms with Crippen molar-refractivity contribution in [3.8, 4) is 0 Å². The zero-order valence-electron chi connectivity index (χ0n) is 10.4. The summed E-state index contributed by atoms with van der Waals surface area (Å²) in [5, 5.41) is 2.14. The molecule has 1 saturated heterocycles. The topological polar surface area (TPSA) is 115 Å². The lowest BCUT2D eigenvalue weighted by Gasteiger charge is -2.11. The summed E-state index contributed by atoms with van der Waals surface area (Å²) >= 11 is 0. The Kier molecular flexibility index (Phi) is 3.66. The summed E-state index contributed by atoms with van der Waals surface area (Å²) in [7, 11) is -3.05. The second kappa shape index (κ2) is 5.08. The maximum atomic E-state index is 11.9. The number of rotatable bonds is 3. The van der Waals surface area contributed by atoms with E-state index in [1.807, 2.05) is 0 Å². The minimum Gasteiger partial charge on any atom is -0.399 e. The van der Waals surface area contributed by atoms with E-state index in [-0.39, 0.29) is 18.2 Å². The van der Waals surface area contributed by atoms with Crippen LogP contribution >= 0.6 is 0 Å². The first-order chi connectivity index (χ1) is 8.88. The molecule has 1 aromatic rings. The number of nitrogen functional groups attached to an aromatic ring is 2. The van der Waals surface area contributed by atoms with Gasteiger partial charge in [0.1, 0.15) is 0 Å². The van der Waals surface area contributed by atoms with E-state index in [0.29, 0.717) is 29.8 Å². The Hall–Kier alpha value is -1.76. The van der Waals surface area contributed by atoms with Crippen molar-refractivity contribution >= 4 is 27.1 Å². The van der Waals surface area contributed by atoms with E-state index in [1.165, 1.54) is 12.1 Å². The van der Waals surface area contributed by atoms with E-state index in [4.69, 9.17) is 11.5 Å². The molecule has 1 aliphatic rings. The molecule has 19 heavy (non-hydrogen) atoms. The van der Waals surface area contributed by atoms with E-state index in [0.717, 1.165) is 0 Å². The number of benzene rings is 1. The first-order valence-corrected chi connectivity index (χ1v) is 7.76. The molecule has 1 aliphatic heterocycles. The van der Waals surface area contributed by atoms with Gasteiger partial charge in [-0.25, -0.2) is 8.42 Å². The molecular weight excluding hydrogens is 266 g/mol. The van der Waals surface area contributed by atoms with Crippen LogP contribution in [0.25, 0.3) is 0 Å². The molecule has 1 unspecified atom stereocenters. The minimum absolute atomic E-state index is 0.135. The number of carbonyl (C=O) groups is 1. The molecule has 1 atom stereocenters. The number of amides is 1. The average molecular weight is 283 g/mol. The Labute approximate surface area is 112 Å². The van der Waals surface area contributed by atoms with Crippen molar-refractivity contribution in [3.05, 3.63) is 23.8 Å². The predicted octanol–water partition coefficient (Wildman–Crippen LogP) is 0.158. The zero-order valence-corrected chi connectivity index (χ0v) is 11.2. The van der Waals surface area contributed by atoms with Gasteiger partial charge in [-0.2, -0.15) is 0 Å². The van der Waals surface area contributed by atoms with Gasteiger partial charge in [0.15, 0.2) is 9.84 Å². The van der Waals surface area contributed by atoms with Gasteiger partial charge >= 0.3 is 0 Å². The van der Waals surface area contributed by atoms with Crippen LogP contribution in [0.2, 0.25) is 0 Å². The summed E-state index contributed by atoms with van der Waals surface area (Å²) < 4.78 is 23.3. The average Bonchev–Trinajstić information content (AvgIpc) is 2.64. The van der Waals surface area contributed by atoms with Crippen LogP contribution in [-0.4, -0.2) is 31.9 Å². The maximum absolute atomic E-state index is 11.9. The Morgan fingerprint density at radius 3 is 2.42 bits per heavy atom. The molecule has 6 nitrogen and oxygen atoms in total. The van der Waals surface area contributed by atoms with Crippen LogP contribution in [0.3, 0.4) is 0 Å². The number of hydrogen-bond acceptors (Lipinski definition) is 5. The van der Waals surface area contributed by atoms with Gasteiger partial charge in [0.2, 0.25) is 0 Å². The number of nitrogens with two attached hydrogens (primary N) is 2. The Morgan fingerprint density at radius 1 is 1.26 bits per heavy atom. The van der Waals surface area contributed by atoms with Crippen molar-refractivity contribution < 1.29 is 13.2 Å². The quantitative estimate of drug-likeness (QED) is 0.683. The summed E-state index contributed by atoms with van der Waals surface area (Å²) in [6.07, 6.45) is 1.26. The molecule has 0 aromatic heterocycles. The Bertz CT molecular complexity index is 578. The molecule has 5 N–H and O–H groups in total. The van der Waals surface area contributed by atoms with E-state index < -0.39 is 15.1 Å². The van der Waals surface area contributed by atoms with Gasteiger partial charge in [-0.3, -0.25) is 4.79 Å². The molecule has 1 aromatic carbocycles. The summed E-state index contributed by atoms with van der Waals surface area (Å²) in [5.41, 5.74) is 12.3. The summed E-state index contributed by atoms with van der Waals surface area (Å²) in [5.74, 6) is -0.153. The Balaban J connectivity index is 2.02. The van der Waals surface area contributed by atoms with Crippen molar-refractivity contribution in [2.45, 2.75) is 18.1 Å². The number of nitrogens with one attached hydrogen (secondary N) is 1. The van der Waals surface area contributed by atoms with Gasteiger partial charge in [-0.15, -0.1) is 0 Å². The van der Waals surface area contributed by atoms with E-state index >= 15 is 0 Å². The lowest BCUT2D eigenvalue weighted by Crippen LogP contribution is -2.34. The number of carbonyl (C=O) groups excluding carboxylic acids is 1. The maximum Gasteiger partial charge on any atom is 0.251 e. The molecule has 0 saturated carbocycles. The smallest absolute Gasteiger partial charge is 0.251 e. The number of sulfone groups is 1. The summed E-state index contributed by atoms with van der Waals surface area (Å²) in [6, 6.07) is 4.57. The number of anilines is 2. The minimum atomic E-state index is -3.05. The van der Waals surface area contributed by atoms with Crippen LogP contribution in [0.15, 0.2) is 18.2 Å². The third-order valence-electron chi connectivity index (χ3n) is 3.19. The van der Waals surface area contributed by atoms with E-state index in [2.05, 4.69) is 5.32 Å². The molecule has 0 spiro atoms. The van der Waals surface area contributed by atoms with Crippen LogP contribution < -0.4 is 16.8 Å². The molecule has 104 valence electrons. The molecule has 0 bridgehead atoms. The van der Waals surface area contributed by atoms with Gasteiger partial charge in [0.05, 0.1) is 11.0 Å². The lowest BCUT2D eigenvalue weighted by atomic mass is 10.1. The highest BCUT2D eigenvalue weighted by atomic mass is 32.2. The van der Waals surface area contributed by atoms with Gasteiger partial charge in [-0.1, -0.05) is 0 Å². The fourth-order valence-corrected chi connectivity index (χ4v) is 3.97. The summed E-state index contributed by atoms with van der Waals surface area (Å²) in [4.78, 5) is 11.9. The highest BCUT2D eigenvalue weighted by Gasteiger charge is 2.31. The number of hydrogen-bond donors (Lipinski definition) is 3. The van der Waals surface area contributed by atoms with Crippen LogP contribution in [0.1, 0.15) is 23.2 Å². The molecule has 0 radical (unpaired) electrons. The predicted molar refractivity (Wildman–Crippen MR) is 74.4 cm³/mol. The second-order valence-corrected chi connectivity index (χ2v) is 7.13. The van der Waals surface area contributed by atoms with Gasteiger partial charge in [0.25, 0.3) is 5.91 Å². The fraction of sp³-hybridized carbons (Fsp3) is 0.417. The third kappa shape index (κ3) is 3.17. The molecule has 1 amide bonds. The van der Waals surface area contributed by atoms with Crippen molar-refractivity contribution in [2.24, 2.45) is 0 Å². The van der Waals surface area contributed by atoms with Gasteiger partial charge in [-0.05, 0) is 31.0 Å². The van der Waals surface area contributed by atoms with Crippen molar-refractivity contribution in [3.63, 3.8) is 0 Å². The second-order valence-electron chi connectivity index (χ2n) is 4.73. The first kappa shape index (κ1) is 13.7. The normalized spacial score (nSPS) is 21.2. The molecule has 0 aliphatic carbocycles. The van der Waals surface area contributed by atoms with E-state index in [9.17, 15) is 13.2 Å².